The predicted molar refractivity (Wildman–Crippen MR) is 97.3 cm³/mol. The van der Waals surface area contributed by atoms with Crippen LogP contribution in [0, 0.1) is 0 Å². The van der Waals surface area contributed by atoms with E-state index in [1.54, 1.807) is 36.7 Å². The zero-order valence-electron chi connectivity index (χ0n) is 12.1. The summed E-state index contributed by atoms with van der Waals surface area (Å²) in [5.41, 5.74) is 1.48. The summed E-state index contributed by atoms with van der Waals surface area (Å²) >= 11 is 13.4. The number of nitrogens with zero attached hydrogens (tertiary/aromatic N) is 3. The van der Waals surface area contributed by atoms with Gasteiger partial charge in [-0.25, -0.2) is 0 Å². The molecule has 120 valence electrons. The molecule has 0 fully saturated rings. The molecule has 2 aromatic heterocycles. The van der Waals surface area contributed by atoms with Gasteiger partial charge in [-0.2, -0.15) is 0 Å². The number of anilines is 1. The molecular weight excluding hydrogens is 367 g/mol. The molecule has 0 saturated carbocycles. The van der Waals surface area contributed by atoms with Crippen LogP contribution in [0.2, 0.25) is 10.0 Å². The van der Waals surface area contributed by atoms with E-state index in [0.29, 0.717) is 25.7 Å². The first-order valence-electron chi connectivity index (χ1n) is 6.80. The lowest BCUT2D eigenvalue weighted by molar-refractivity contribution is -0.111. The minimum absolute atomic E-state index is 0.344. The summed E-state index contributed by atoms with van der Waals surface area (Å²) in [6, 6.07) is 8.80. The van der Waals surface area contributed by atoms with Gasteiger partial charge in [0.05, 0.1) is 0 Å². The summed E-state index contributed by atoms with van der Waals surface area (Å²) in [5.74, 6) is -0.344. The summed E-state index contributed by atoms with van der Waals surface area (Å²) in [6.07, 6.45) is 6.25. The van der Waals surface area contributed by atoms with Gasteiger partial charge in [0, 0.05) is 39.6 Å². The molecular formula is C16H10Cl2N4OS. The summed E-state index contributed by atoms with van der Waals surface area (Å²) in [5, 5.41) is 12.7. The van der Waals surface area contributed by atoms with Crippen molar-refractivity contribution < 1.29 is 4.79 Å². The summed E-state index contributed by atoms with van der Waals surface area (Å²) in [6.45, 7) is 0. The molecule has 0 atom stereocenters. The molecule has 5 nitrogen and oxygen atoms in total. The highest BCUT2D eigenvalue weighted by atomic mass is 35.5. The highest BCUT2D eigenvalue weighted by Gasteiger charge is 2.08. The Balaban J connectivity index is 1.70. The SMILES string of the molecule is O=C(/C=C/c1c(Cl)cccc1Cl)Nc1nnc(-c2ccncc2)s1. The molecule has 0 saturated heterocycles. The molecule has 0 unspecified atom stereocenters. The highest BCUT2D eigenvalue weighted by molar-refractivity contribution is 7.18. The molecule has 3 aromatic rings. The van der Waals surface area contributed by atoms with Crippen LogP contribution in [0.5, 0.6) is 0 Å². The van der Waals surface area contributed by atoms with Crippen molar-refractivity contribution in [2.45, 2.75) is 0 Å². The number of aromatic nitrogens is 3. The number of pyridine rings is 1. The minimum Gasteiger partial charge on any atom is -0.297 e. The third-order valence-electron chi connectivity index (χ3n) is 2.98. The number of hydrogen-bond acceptors (Lipinski definition) is 5. The van der Waals surface area contributed by atoms with Crippen LogP contribution < -0.4 is 5.32 Å². The molecule has 1 N–H and O–H groups in total. The first kappa shape index (κ1) is 16.6. The van der Waals surface area contributed by atoms with Crippen molar-refractivity contribution in [3.63, 3.8) is 0 Å². The van der Waals surface area contributed by atoms with Crippen LogP contribution >= 0.6 is 34.5 Å². The molecule has 1 amide bonds. The van der Waals surface area contributed by atoms with Crippen molar-refractivity contribution in [1.82, 2.24) is 15.2 Å². The fraction of sp³-hybridized carbons (Fsp3) is 0. The van der Waals surface area contributed by atoms with Gasteiger partial charge in [-0.3, -0.25) is 15.1 Å². The molecule has 24 heavy (non-hydrogen) atoms. The zero-order chi connectivity index (χ0) is 16.9. The Morgan fingerprint density at radius 2 is 1.79 bits per heavy atom. The van der Waals surface area contributed by atoms with Crippen molar-refractivity contribution in [1.29, 1.82) is 0 Å². The van der Waals surface area contributed by atoms with Gasteiger partial charge in [-0.05, 0) is 30.3 Å². The fourth-order valence-corrected chi connectivity index (χ4v) is 3.14. The third kappa shape index (κ3) is 3.97. The number of carbonyl (C=O) groups is 1. The van der Waals surface area contributed by atoms with Crippen LogP contribution in [-0.4, -0.2) is 21.1 Å². The smallest absolute Gasteiger partial charge is 0.250 e. The van der Waals surface area contributed by atoms with Gasteiger partial charge in [0.2, 0.25) is 11.0 Å². The Hall–Kier alpha value is -2.28. The fourth-order valence-electron chi connectivity index (χ4n) is 1.86. The maximum absolute atomic E-state index is 12.0. The first-order chi connectivity index (χ1) is 11.6. The quantitative estimate of drug-likeness (QED) is 0.677. The average Bonchev–Trinajstić information content (AvgIpc) is 3.03. The van der Waals surface area contributed by atoms with Gasteiger partial charge < -0.3 is 0 Å². The second kappa shape index (κ2) is 7.53. The van der Waals surface area contributed by atoms with Crippen molar-refractivity contribution in [3.8, 4) is 10.6 Å². The number of carbonyl (C=O) groups excluding carboxylic acids is 1. The van der Waals surface area contributed by atoms with E-state index in [2.05, 4.69) is 20.5 Å². The highest BCUT2D eigenvalue weighted by Crippen LogP contribution is 2.27. The number of rotatable bonds is 4. The van der Waals surface area contributed by atoms with Gasteiger partial charge >= 0.3 is 0 Å². The van der Waals surface area contributed by atoms with E-state index in [0.717, 1.165) is 5.56 Å². The van der Waals surface area contributed by atoms with Gasteiger partial charge in [0.25, 0.3) is 0 Å². The maximum atomic E-state index is 12.0. The van der Waals surface area contributed by atoms with Gasteiger partial charge in [0.1, 0.15) is 5.01 Å². The van der Waals surface area contributed by atoms with E-state index < -0.39 is 0 Å². The van der Waals surface area contributed by atoms with Crippen LogP contribution in [0.4, 0.5) is 5.13 Å². The lowest BCUT2D eigenvalue weighted by Crippen LogP contribution is -2.07. The van der Waals surface area contributed by atoms with Crippen LogP contribution in [0.3, 0.4) is 0 Å². The van der Waals surface area contributed by atoms with E-state index in [1.165, 1.54) is 17.4 Å². The van der Waals surface area contributed by atoms with Crippen LogP contribution in [0.15, 0.2) is 48.8 Å². The molecule has 8 heteroatoms. The average molecular weight is 377 g/mol. The maximum Gasteiger partial charge on any atom is 0.250 e. The van der Waals surface area contributed by atoms with Gasteiger partial charge in [0.15, 0.2) is 0 Å². The summed E-state index contributed by atoms with van der Waals surface area (Å²) in [4.78, 5) is 15.9. The van der Waals surface area contributed by atoms with E-state index in [4.69, 9.17) is 23.2 Å². The molecule has 2 heterocycles. The molecule has 0 aliphatic carbocycles. The summed E-state index contributed by atoms with van der Waals surface area (Å²) < 4.78 is 0. The zero-order valence-corrected chi connectivity index (χ0v) is 14.4. The van der Waals surface area contributed by atoms with E-state index in [-0.39, 0.29) is 5.91 Å². The van der Waals surface area contributed by atoms with E-state index in [1.807, 2.05) is 12.1 Å². The van der Waals surface area contributed by atoms with Crippen molar-refractivity contribution in [3.05, 3.63) is 64.4 Å². The molecule has 0 bridgehead atoms. The van der Waals surface area contributed by atoms with Crippen LogP contribution in [-0.2, 0) is 4.79 Å². The summed E-state index contributed by atoms with van der Waals surface area (Å²) in [7, 11) is 0. The second-order valence-corrected chi connectivity index (χ2v) is 6.40. The molecule has 0 aliphatic heterocycles. The molecule has 1 aromatic carbocycles. The Bertz CT molecular complexity index is 876. The number of amides is 1. The van der Waals surface area contributed by atoms with E-state index >= 15 is 0 Å². The molecule has 0 spiro atoms. The molecule has 3 rings (SSSR count). The van der Waals surface area contributed by atoms with Crippen LogP contribution in [0.25, 0.3) is 16.6 Å². The number of nitrogens with one attached hydrogen (secondary N) is 1. The largest absolute Gasteiger partial charge is 0.297 e. The minimum atomic E-state index is -0.344. The Kier molecular flexibility index (Phi) is 5.20. The normalized spacial score (nSPS) is 10.9. The van der Waals surface area contributed by atoms with Gasteiger partial charge in [-0.1, -0.05) is 40.6 Å². The first-order valence-corrected chi connectivity index (χ1v) is 8.38. The van der Waals surface area contributed by atoms with Crippen molar-refractivity contribution >= 4 is 51.7 Å². The van der Waals surface area contributed by atoms with Crippen molar-refractivity contribution in [2.24, 2.45) is 0 Å². The van der Waals surface area contributed by atoms with Crippen LogP contribution in [0.1, 0.15) is 5.56 Å². The lowest BCUT2D eigenvalue weighted by atomic mass is 10.2. The second-order valence-electron chi connectivity index (χ2n) is 4.61. The third-order valence-corrected chi connectivity index (χ3v) is 4.53. The lowest BCUT2D eigenvalue weighted by Gasteiger charge is -2.00. The monoisotopic (exact) mass is 376 g/mol. The Morgan fingerprint density at radius 3 is 2.50 bits per heavy atom. The topological polar surface area (TPSA) is 67.8 Å². The molecule has 0 radical (unpaired) electrons. The van der Waals surface area contributed by atoms with E-state index in [9.17, 15) is 4.79 Å². The predicted octanol–water partition coefficient (Wildman–Crippen LogP) is 4.56. The van der Waals surface area contributed by atoms with Gasteiger partial charge in [-0.15, -0.1) is 10.2 Å². The standard InChI is InChI=1S/C16H10Cl2N4OS/c17-12-2-1-3-13(18)11(12)4-5-14(23)20-16-22-21-15(24-16)10-6-8-19-9-7-10/h1-9H,(H,20,22,23)/b5-4+. The van der Waals surface area contributed by atoms with Crippen molar-refractivity contribution in [2.75, 3.05) is 5.32 Å². The Morgan fingerprint density at radius 1 is 1.08 bits per heavy atom. The number of hydrogen-bond donors (Lipinski definition) is 1. The molecule has 0 aliphatic rings. The number of halogens is 2. The number of benzene rings is 1. The Labute approximate surface area is 152 Å².